The number of rotatable bonds is 5. The molecule has 26 heavy (non-hydrogen) atoms. The largest absolute Gasteiger partial charge is 0.463 e. The van der Waals surface area contributed by atoms with Crippen LogP contribution in [0.2, 0.25) is 0 Å². The molecule has 1 aliphatic carbocycles. The van der Waals surface area contributed by atoms with Gasteiger partial charge in [0.2, 0.25) is 10.0 Å². The van der Waals surface area contributed by atoms with Gasteiger partial charge in [0.15, 0.2) is 5.65 Å². The molecule has 1 aliphatic rings. The van der Waals surface area contributed by atoms with Crippen LogP contribution in [0.3, 0.4) is 0 Å². The lowest BCUT2D eigenvalue weighted by molar-refractivity contribution is -0.137. The predicted molar refractivity (Wildman–Crippen MR) is 101 cm³/mol. The SMILES string of the molecule is CCOC(=O)/C=C/c1cnc2c(ccn2S(=O)(=O)C2(C)C=CC=CC2)c1. The van der Waals surface area contributed by atoms with Crippen LogP contribution in [0.25, 0.3) is 17.1 Å². The van der Waals surface area contributed by atoms with Crippen LogP contribution in [0.1, 0.15) is 25.8 Å². The molecule has 1 atom stereocenters. The molecule has 136 valence electrons. The van der Waals surface area contributed by atoms with Crippen LogP contribution in [-0.4, -0.2) is 34.7 Å². The molecule has 2 heterocycles. The van der Waals surface area contributed by atoms with Gasteiger partial charge in [0, 0.05) is 23.9 Å². The fourth-order valence-corrected chi connectivity index (χ4v) is 4.39. The van der Waals surface area contributed by atoms with Gasteiger partial charge in [-0.2, -0.15) is 0 Å². The summed E-state index contributed by atoms with van der Waals surface area (Å²) < 4.78 is 31.3. The van der Waals surface area contributed by atoms with Crippen LogP contribution in [-0.2, 0) is 19.6 Å². The van der Waals surface area contributed by atoms with Crippen LogP contribution >= 0.6 is 0 Å². The first-order valence-corrected chi connectivity index (χ1v) is 9.73. The Morgan fingerprint density at radius 3 is 2.92 bits per heavy atom. The summed E-state index contributed by atoms with van der Waals surface area (Å²) in [5.41, 5.74) is 1.05. The molecule has 0 amide bonds. The lowest BCUT2D eigenvalue weighted by Gasteiger charge is -2.26. The van der Waals surface area contributed by atoms with Crippen molar-refractivity contribution in [3.8, 4) is 0 Å². The molecule has 0 bridgehead atoms. The monoisotopic (exact) mass is 372 g/mol. The molecule has 6 nitrogen and oxygen atoms in total. The Morgan fingerprint density at radius 1 is 1.42 bits per heavy atom. The van der Waals surface area contributed by atoms with Crippen molar-refractivity contribution >= 4 is 33.1 Å². The minimum absolute atomic E-state index is 0.309. The summed E-state index contributed by atoms with van der Waals surface area (Å²) in [5.74, 6) is -0.433. The van der Waals surface area contributed by atoms with E-state index in [1.807, 2.05) is 12.2 Å². The van der Waals surface area contributed by atoms with E-state index < -0.39 is 20.7 Å². The first-order chi connectivity index (χ1) is 12.4. The Morgan fingerprint density at radius 2 is 2.23 bits per heavy atom. The number of aromatic nitrogens is 2. The molecule has 2 aromatic rings. The number of carbonyl (C=O) groups excluding carboxylic acids is 1. The highest BCUT2D eigenvalue weighted by Crippen LogP contribution is 2.31. The topological polar surface area (TPSA) is 78.3 Å². The zero-order chi connectivity index (χ0) is 18.8. The molecular weight excluding hydrogens is 352 g/mol. The smallest absolute Gasteiger partial charge is 0.330 e. The molecule has 7 heteroatoms. The molecule has 0 radical (unpaired) electrons. The highest BCUT2D eigenvalue weighted by atomic mass is 32.2. The summed E-state index contributed by atoms with van der Waals surface area (Å²) in [4.78, 5) is 15.7. The third-order valence-corrected chi connectivity index (χ3v) is 6.57. The molecule has 0 spiro atoms. The Balaban J connectivity index is 1.96. The molecule has 0 saturated carbocycles. The molecule has 1 unspecified atom stereocenters. The number of hydrogen-bond donors (Lipinski definition) is 0. The van der Waals surface area contributed by atoms with Crippen molar-refractivity contribution in [1.29, 1.82) is 0 Å². The first-order valence-electron chi connectivity index (χ1n) is 8.29. The minimum Gasteiger partial charge on any atom is -0.463 e. The van der Waals surface area contributed by atoms with Crippen LogP contribution in [0.15, 0.2) is 54.9 Å². The van der Waals surface area contributed by atoms with E-state index in [9.17, 15) is 13.2 Å². The van der Waals surface area contributed by atoms with Crippen molar-refractivity contribution in [2.75, 3.05) is 6.61 Å². The number of ether oxygens (including phenoxy) is 1. The van der Waals surface area contributed by atoms with E-state index in [0.29, 0.717) is 29.6 Å². The van der Waals surface area contributed by atoms with Crippen LogP contribution in [0, 0.1) is 0 Å². The van der Waals surface area contributed by atoms with E-state index in [2.05, 4.69) is 4.98 Å². The number of esters is 1. The van der Waals surface area contributed by atoms with E-state index in [1.54, 1.807) is 44.2 Å². The normalized spacial score (nSPS) is 20.1. The molecule has 0 fully saturated rings. The second-order valence-electron chi connectivity index (χ2n) is 6.19. The van der Waals surface area contributed by atoms with Gasteiger partial charge >= 0.3 is 5.97 Å². The van der Waals surface area contributed by atoms with E-state index >= 15 is 0 Å². The second-order valence-corrected chi connectivity index (χ2v) is 8.46. The van der Waals surface area contributed by atoms with Crippen molar-refractivity contribution in [2.45, 2.75) is 25.0 Å². The standard InChI is InChI=1S/C19H20N2O4S/c1-3-25-17(22)8-7-15-13-16-9-12-21(18(16)20-14-15)26(23,24)19(2)10-5-4-6-11-19/h4-10,12-14H,3,11H2,1-2H3/b8-7+. The van der Waals surface area contributed by atoms with Gasteiger partial charge in [-0.25, -0.2) is 22.2 Å². The number of nitrogens with zero attached hydrogens (tertiary/aromatic N) is 2. The van der Waals surface area contributed by atoms with Crippen molar-refractivity contribution in [2.24, 2.45) is 0 Å². The third kappa shape index (κ3) is 3.22. The number of pyridine rings is 1. The Bertz CT molecular complexity index is 1030. The summed E-state index contributed by atoms with van der Waals surface area (Å²) in [6.07, 6.45) is 13.5. The van der Waals surface area contributed by atoms with Gasteiger partial charge in [-0.3, -0.25) is 0 Å². The molecule has 3 rings (SSSR count). The van der Waals surface area contributed by atoms with Gasteiger partial charge in [0.05, 0.1) is 6.61 Å². The molecule has 2 aromatic heterocycles. The lowest BCUT2D eigenvalue weighted by atomic mass is 10.0. The third-order valence-electron chi connectivity index (χ3n) is 4.28. The van der Waals surface area contributed by atoms with Gasteiger partial charge in [0.25, 0.3) is 0 Å². The van der Waals surface area contributed by atoms with Gasteiger partial charge in [0.1, 0.15) is 4.75 Å². The fraction of sp³-hybridized carbons (Fsp3) is 0.263. The average Bonchev–Trinajstić information content (AvgIpc) is 3.04. The molecule has 0 N–H and O–H groups in total. The van der Waals surface area contributed by atoms with Gasteiger partial charge < -0.3 is 4.74 Å². The maximum atomic E-state index is 13.1. The van der Waals surface area contributed by atoms with Gasteiger partial charge in [-0.1, -0.05) is 24.3 Å². The zero-order valence-corrected chi connectivity index (χ0v) is 15.4. The Labute approximate surface area is 152 Å². The minimum atomic E-state index is -3.67. The van der Waals surface area contributed by atoms with E-state index in [4.69, 9.17) is 4.74 Å². The second kappa shape index (κ2) is 6.92. The van der Waals surface area contributed by atoms with Crippen molar-refractivity contribution in [3.05, 3.63) is 60.5 Å². The lowest BCUT2D eigenvalue weighted by Crippen LogP contribution is -2.37. The van der Waals surface area contributed by atoms with Gasteiger partial charge in [-0.15, -0.1) is 0 Å². The summed E-state index contributed by atoms with van der Waals surface area (Å²) in [6.45, 7) is 3.74. The highest BCUT2D eigenvalue weighted by molar-refractivity contribution is 7.91. The Kier molecular flexibility index (Phi) is 4.82. The predicted octanol–water partition coefficient (Wildman–Crippen LogP) is 3.07. The van der Waals surface area contributed by atoms with E-state index in [-0.39, 0.29) is 0 Å². The van der Waals surface area contributed by atoms with E-state index in [1.165, 1.54) is 22.4 Å². The van der Waals surface area contributed by atoms with Crippen molar-refractivity contribution in [3.63, 3.8) is 0 Å². The summed E-state index contributed by atoms with van der Waals surface area (Å²) in [5, 5.41) is 0.679. The summed E-state index contributed by atoms with van der Waals surface area (Å²) >= 11 is 0. The number of fused-ring (bicyclic) bond motifs is 1. The maximum Gasteiger partial charge on any atom is 0.330 e. The molecule has 0 aliphatic heterocycles. The highest BCUT2D eigenvalue weighted by Gasteiger charge is 2.38. The molecule has 0 aromatic carbocycles. The van der Waals surface area contributed by atoms with Crippen molar-refractivity contribution < 1.29 is 17.9 Å². The summed E-state index contributed by atoms with van der Waals surface area (Å²) in [6, 6.07) is 3.48. The van der Waals surface area contributed by atoms with Gasteiger partial charge in [-0.05, 0) is 44.0 Å². The van der Waals surface area contributed by atoms with E-state index in [0.717, 1.165) is 0 Å². The van der Waals surface area contributed by atoms with Crippen LogP contribution in [0.4, 0.5) is 0 Å². The van der Waals surface area contributed by atoms with Crippen LogP contribution in [0.5, 0.6) is 0 Å². The average molecular weight is 372 g/mol. The quantitative estimate of drug-likeness (QED) is 0.595. The summed E-state index contributed by atoms with van der Waals surface area (Å²) in [7, 11) is -3.67. The molecule has 0 saturated heterocycles. The first kappa shape index (κ1) is 18.1. The van der Waals surface area contributed by atoms with Crippen LogP contribution < -0.4 is 0 Å². The molecular formula is C19H20N2O4S. The van der Waals surface area contributed by atoms with Crippen molar-refractivity contribution in [1.82, 2.24) is 8.96 Å². The number of allylic oxidation sites excluding steroid dienone is 3. The maximum absolute atomic E-state index is 13.1. The zero-order valence-electron chi connectivity index (χ0n) is 14.6. The fourth-order valence-electron chi connectivity index (χ4n) is 2.78. The number of hydrogen-bond acceptors (Lipinski definition) is 5. The number of carbonyl (C=O) groups is 1. The Hall–Kier alpha value is -2.67.